The van der Waals surface area contributed by atoms with Gasteiger partial charge in [0.15, 0.2) is 0 Å². The molecule has 3 heteroatoms. The van der Waals surface area contributed by atoms with E-state index >= 15 is 0 Å². The molecule has 1 fully saturated rings. The van der Waals surface area contributed by atoms with Gasteiger partial charge in [-0.25, -0.2) is 0 Å². The number of likely N-dealkylation sites (N-methyl/N-ethyl adjacent to an activating group) is 2. The first-order chi connectivity index (χ1) is 8.19. The highest BCUT2D eigenvalue weighted by molar-refractivity contribution is 4.83. The van der Waals surface area contributed by atoms with E-state index in [0.29, 0.717) is 12.1 Å². The molecule has 0 bridgehead atoms. The van der Waals surface area contributed by atoms with Gasteiger partial charge in [0.25, 0.3) is 0 Å². The third kappa shape index (κ3) is 4.94. The van der Waals surface area contributed by atoms with Gasteiger partial charge in [-0.1, -0.05) is 19.8 Å². The van der Waals surface area contributed by atoms with Crippen molar-refractivity contribution >= 4 is 0 Å². The van der Waals surface area contributed by atoms with Crippen molar-refractivity contribution in [3.63, 3.8) is 0 Å². The summed E-state index contributed by atoms with van der Waals surface area (Å²) in [7, 11) is 3.99. The summed E-state index contributed by atoms with van der Waals surface area (Å²) >= 11 is 0. The van der Waals surface area contributed by atoms with Gasteiger partial charge < -0.3 is 10.1 Å². The average molecular weight is 242 g/mol. The second-order valence-electron chi connectivity index (χ2n) is 5.45. The quantitative estimate of drug-likeness (QED) is 0.705. The van der Waals surface area contributed by atoms with Crippen molar-refractivity contribution in [2.24, 2.45) is 5.92 Å². The Hall–Kier alpha value is -0.120. The first kappa shape index (κ1) is 14.9. The Morgan fingerprint density at radius 3 is 2.53 bits per heavy atom. The largest absolute Gasteiger partial charge is 0.383 e. The Bertz CT molecular complexity index is 193. The molecule has 0 aliphatic heterocycles. The maximum Gasteiger partial charge on any atom is 0.0615 e. The molecule has 2 atom stereocenters. The zero-order chi connectivity index (χ0) is 12.7. The number of rotatable bonds is 8. The fourth-order valence-electron chi connectivity index (χ4n) is 2.86. The van der Waals surface area contributed by atoms with Crippen LogP contribution in [0.15, 0.2) is 0 Å². The summed E-state index contributed by atoms with van der Waals surface area (Å²) < 4.78 is 5.23. The van der Waals surface area contributed by atoms with E-state index in [1.807, 2.05) is 0 Å². The van der Waals surface area contributed by atoms with Crippen molar-refractivity contribution in [3.8, 4) is 0 Å². The predicted molar refractivity (Wildman–Crippen MR) is 73.4 cm³/mol. The minimum atomic E-state index is 0.502. The van der Waals surface area contributed by atoms with E-state index in [2.05, 4.69) is 31.1 Å². The summed E-state index contributed by atoms with van der Waals surface area (Å²) in [6, 6.07) is 1.16. The van der Waals surface area contributed by atoms with Crippen LogP contribution in [0.1, 0.15) is 39.5 Å². The SMILES string of the molecule is CCNC(CN(C)C(C)COC)C1CCCC1. The van der Waals surface area contributed by atoms with Gasteiger partial charge in [0, 0.05) is 25.7 Å². The van der Waals surface area contributed by atoms with E-state index in [1.54, 1.807) is 7.11 Å². The molecule has 0 aromatic heterocycles. The molecular weight excluding hydrogens is 212 g/mol. The fourth-order valence-corrected chi connectivity index (χ4v) is 2.86. The molecule has 0 radical (unpaired) electrons. The van der Waals surface area contributed by atoms with Crippen molar-refractivity contribution in [2.75, 3.05) is 33.9 Å². The van der Waals surface area contributed by atoms with E-state index in [4.69, 9.17) is 4.74 Å². The second-order valence-corrected chi connectivity index (χ2v) is 5.45. The molecule has 2 unspecified atom stereocenters. The van der Waals surface area contributed by atoms with Crippen LogP contribution in [0.3, 0.4) is 0 Å². The Morgan fingerprint density at radius 1 is 1.35 bits per heavy atom. The standard InChI is InChI=1S/C14H30N2O/c1-5-15-14(13-8-6-7-9-13)10-16(3)12(2)11-17-4/h12-15H,5-11H2,1-4H3. The molecule has 102 valence electrons. The van der Waals surface area contributed by atoms with Crippen LogP contribution in [0, 0.1) is 5.92 Å². The zero-order valence-corrected chi connectivity index (χ0v) is 12.0. The van der Waals surface area contributed by atoms with Gasteiger partial charge >= 0.3 is 0 Å². The molecule has 0 saturated heterocycles. The molecule has 17 heavy (non-hydrogen) atoms. The van der Waals surface area contributed by atoms with Crippen LogP contribution in [-0.4, -0.2) is 50.8 Å². The lowest BCUT2D eigenvalue weighted by Gasteiger charge is -2.32. The molecule has 0 heterocycles. The average Bonchev–Trinajstić information content (AvgIpc) is 2.82. The molecule has 0 amide bonds. The molecule has 1 rings (SSSR count). The van der Waals surface area contributed by atoms with E-state index < -0.39 is 0 Å². The summed E-state index contributed by atoms with van der Waals surface area (Å²) in [5.74, 6) is 0.882. The Labute approximate surface area is 107 Å². The van der Waals surface area contributed by atoms with E-state index in [9.17, 15) is 0 Å². The molecule has 0 aromatic carbocycles. The van der Waals surface area contributed by atoms with Gasteiger partial charge in [-0.15, -0.1) is 0 Å². The van der Waals surface area contributed by atoms with Crippen LogP contribution in [0.5, 0.6) is 0 Å². The predicted octanol–water partition coefficient (Wildman–Crippen LogP) is 2.12. The van der Waals surface area contributed by atoms with Gasteiger partial charge in [0.1, 0.15) is 0 Å². The lowest BCUT2D eigenvalue weighted by Crippen LogP contribution is -2.47. The van der Waals surface area contributed by atoms with Crippen molar-refractivity contribution < 1.29 is 4.74 Å². The van der Waals surface area contributed by atoms with Gasteiger partial charge in [-0.05, 0) is 39.3 Å². The number of hydrogen-bond donors (Lipinski definition) is 1. The fraction of sp³-hybridized carbons (Fsp3) is 1.00. The van der Waals surface area contributed by atoms with E-state index in [0.717, 1.165) is 25.6 Å². The van der Waals surface area contributed by atoms with Crippen molar-refractivity contribution in [2.45, 2.75) is 51.6 Å². The Balaban J connectivity index is 2.41. The molecule has 3 nitrogen and oxygen atoms in total. The molecule has 1 aliphatic carbocycles. The lowest BCUT2D eigenvalue weighted by molar-refractivity contribution is 0.103. The summed E-state index contributed by atoms with van der Waals surface area (Å²) in [5, 5.41) is 3.67. The normalized spacial score (nSPS) is 21.0. The third-order valence-corrected chi connectivity index (χ3v) is 4.08. The number of nitrogens with one attached hydrogen (secondary N) is 1. The summed E-state index contributed by atoms with van der Waals surface area (Å²) in [4.78, 5) is 2.43. The minimum Gasteiger partial charge on any atom is -0.383 e. The van der Waals surface area contributed by atoms with Crippen molar-refractivity contribution in [3.05, 3.63) is 0 Å². The van der Waals surface area contributed by atoms with Crippen LogP contribution in [0.25, 0.3) is 0 Å². The molecule has 0 spiro atoms. The molecule has 1 N–H and O–H groups in total. The highest BCUT2D eigenvalue weighted by atomic mass is 16.5. The summed E-state index contributed by atoms with van der Waals surface area (Å²) in [6.45, 7) is 7.48. The van der Waals surface area contributed by atoms with Gasteiger partial charge in [0.05, 0.1) is 6.61 Å². The van der Waals surface area contributed by atoms with Gasteiger partial charge in [-0.2, -0.15) is 0 Å². The first-order valence-electron chi connectivity index (χ1n) is 7.11. The zero-order valence-electron chi connectivity index (χ0n) is 12.0. The van der Waals surface area contributed by atoms with Crippen LogP contribution in [-0.2, 0) is 4.74 Å². The highest BCUT2D eigenvalue weighted by Gasteiger charge is 2.26. The Morgan fingerprint density at radius 2 is 2.00 bits per heavy atom. The molecule has 0 aromatic rings. The van der Waals surface area contributed by atoms with Crippen molar-refractivity contribution in [1.29, 1.82) is 0 Å². The summed E-state index contributed by atoms with van der Waals surface area (Å²) in [5.41, 5.74) is 0. The maximum atomic E-state index is 5.23. The van der Waals surface area contributed by atoms with Gasteiger partial charge in [0.2, 0.25) is 0 Å². The second kappa shape index (κ2) is 8.06. The molecule has 1 aliphatic rings. The smallest absolute Gasteiger partial charge is 0.0615 e. The third-order valence-electron chi connectivity index (χ3n) is 4.08. The number of nitrogens with zero attached hydrogens (tertiary/aromatic N) is 1. The topological polar surface area (TPSA) is 24.5 Å². The monoisotopic (exact) mass is 242 g/mol. The van der Waals surface area contributed by atoms with Crippen LogP contribution in [0.4, 0.5) is 0 Å². The van der Waals surface area contributed by atoms with Crippen LogP contribution < -0.4 is 5.32 Å². The molecule has 1 saturated carbocycles. The number of hydrogen-bond acceptors (Lipinski definition) is 3. The lowest BCUT2D eigenvalue weighted by atomic mass is 9.97. The highest BCUT2D eigenvalue weighted by Crippen LogP contribution is 2.28. The van der Waals surface area contributed by atoms with E-state index in [1.165, 1.54) is 25.7 Å². The van der Waals surface area contributed by atoms with Crippen LogP contribution >= 0.6 is 0 Å². The number of ether oxygens (including phenoxy) is 1. The van der Waals surface area contributed by atoms with Crippen molar-refractivity contribution in [1.82, 2.24) is 10.2 Å². The molecular formula is C14H30N2O. The van der Waals surface area contributed by atoms with Crippen LogP contribution in [0.2, 0.25) is 0 Å². The first-order valence-corrected chi connectivity index (χ1v) is 7.11. The summed E-state index contributed by atoms with van der Waals surface area (Å²) in [6.07, 6.45) is 5.65. The van der Waals surface area contributed by atoms with E-state index in [-0.39, 0.29) is 0 Å². The number of methoxy groups -OCH3 is 1. The van der Waals surface area contributed by atoms with Gasteiger partial charge in [-0.3, -0.25) is 4.90 Å². The minimum absolute atomic E-state index is 0.502. The maximum absolute atomic E-state index is 5.23. The Kier molecular flexibility index (Phi) is 7.09.